The van der Waals surface area contributed by atoms with Gasteiger partial charge in [-0.1, -0.05) is 66.4 Å². The van der Waals surface area contributed by atoms with Crippen molar-refractivity contribution in [3.05, 3.63) is 94.9 Å². The molecule has 1 saturated heterocycles. The Bertz CT molecular complexity index is 1230. The molecule has 0 radical (unpaired) electrons. The molecule has 1 fully saturated rings. The quantitative estimate of drug-likeness (QED) is 0.362. The normalized spacial score (nSPS) is 14.4. The lowest BCUT2D eigenvalue weighted by Crippen LogP contribution is -2.28. The van der Waals surface area contributed by atoms with Crippen molar-refractivity contribution >= 4 is 51.9 Å². The van der Waals surface area contributed by atoms with Gasteiger partial charge in [-0.2, -0.15) is 0 Å². The SMILES string of the molecule is COc1ccc(N2C(=O)/C(=C/c3cccc(OCC(=O)NCc4ccccc4)c3)SC2=S)cc1. The third-order valence-corrected chi connectivity index (χ3v) is 6.28. The summed E-state index contributed by atoms with van der Waals surface area (Å²) >= 11 is 6.68. The van der Waals surface area contributed by atoms with Gasteiger partial charge in [-0.25, -0.2) is 0 Å². The number of ether oxygens (including phenoxy) is 2. The highest BCUT2D eigenvalue weighted by Crippen LogP contribution is 2.36. The highest BCUT2D eigenvalue weighted by Gasteiger charge is 2.33. The van der Waals surface area contributed by atoms with Crippen LogP contribution in [0.2, 0.25) is 0 Å². The van der Waals surface area contributed by atoms with E-state index >= 15 is 0 Å². The van der Waals surface area contributed by atoms with E-state index in [-0.39, 0.29) is 18.4 Å². The van der Waals surface area contributed by atoms with Gasteiger partial charge in [0.05, 0.1) is 17.7 Å². The van der Waals surface area contributed by atoms with Gasteiger partial charge in [0, 0.05) is 6.54 Å². The van der Waals surface area contributed by atoms with E-state index in [1.165, 1.54) is 16.7 Å². The van der Waals surface area contributed by atoms with Crippen LogP contribution in [-0.2, 0) is 16.1 Å². The molecule has 6 nitrogen and oxygen atoms in total. The number of carbonyl (C=O) groups is 2. The molecule has 34 heavy (non-hydrogen) atoms. The number of hydrogen-bond donors (Lipinski definition) is 1. The highest BCUT2D eigenvalue weighted by molar-refractivity contribution is 8.27. The van der Waals surface area contributed by atoms with E-state index in [1.54, 1.807) is 49.6 Å². The van der Waals surface area contributed by atoms with Crippen molar-refractivity contribution in [1.29, 1.82) is 0 Å². The van der Waals surface area contributed by atoms with Crippen LogP contribution < -0.4 is 19.7 Å². The van der Waals surface area contributed by atoms with Crippen LogP contribution in [0.5, 0.6) is 11.5 Å². The Morgan fingerprint density at radius 3 is 2.53 bits per heavy atom. The molecule has 1 aliphatic rings. The fraction of sp³-hybridized carbons (Fsp3) is 0.115. The van der Waals surface area contributed by atoms with E-state index in [2.05, 4.69) is 5.32 Å². The fourth-order valence-electron chi connectivity index (χ4n) is 3.26. The minimum atomic E-state index is -0.213. The summed E-state index contributed by atoms with van der Waals surface area (Å²) in [6.07, 6.45) is 1.77. The highest BCUT2D eigenvalue weighted by atomic mass is 32.2. The van der Waals surface area contributed by atoms with Crippen LogP contribution in [0.4, 0.5) is 5.69 Å². The lowest BCUT2D eigenvalue weighted by molar-refractivity contribution is -0.123. The zero-order chi connectivity index (χ0) is 23.9. The number of rotatable bonds is 8. The molecule has 1 heterocycles. The molecule has 3 aromatic rings. The average molecular weight is 491 g/mol. The predicted molar refractivity (Wildman–Crippen MR) is 139 cm³/mol. The number of hydrogen-bond acceptors (Lipinski definition) is 6. The molecular formula is C26H22N2O4S2. The Kier molecular flexibility index (Phi) is 7.61. The van der Waals surface area contributed by atoms with Gasteiger partial charge in [0.2, 0.25) is 0 Å². The molecule has 1 aliphatic heterocycles. The van der Waals surface area contributed by atoms with Crippen LogP contribution in [0.25, 0.3) is 6.08 Å². The molecule has 8 heteroatoms. The van der Waals surface area contributed by atoms with Gasteiger partial charge in [0.15, 0.2) is 10.9 Å². The first-order valence-electron chi connectivity index (χ1n) is 10.5. The number of methoxy groups -OCH3 is 1. The summed E-state index contributed by atoms with van der Waals surface area (Å²) < 4.78 is 11.3. The summed E-state index contributed by atoms with van der Waals surface area (Å²) in [4.78, 5) is 27.1. The monoisotopic (exact) mass is 490 g/mol. The molecule has 0 spiro atoms. The molecule has 1 N–H and O–H groups in total. The lowest BCUT2D eigenvalue weighted by atomic mass is 10.2. The maximum absolute atomic E-state index is 13.0. The van der Waals surface area contributed by atoms with Crippen LogP contribution in [0.1, 0.15) is 11.1 Å². The van der Waals surface area contributed by atoms with Crippen LogP contribution in [0, 0.1) is 0 Å². The van der Waals surface area contributed by atoms with Crippen LogP contribution in [0.3, 0.4) is 0 Å². The summed E-state index contributed by atoms with van der Waals surface area (Å²) in [6, 6.07) is 24.1. The van der Waals surface area contributed by atoms with Gasteiger partial charge in [0.1, 0.15) is 11.5 Å². The van der Waals surface area contributed by atoms with Crippen molar-refractivity contribution < 1.29 is 19.1 Å². The van der Waals surface area contributed by atoms with E-state index < -0.39 is 0 Å². The number of nitrogens with zero attached hydrogens (tertiary/aromatic N) is 1. The fourth-order valence-corrected chi connectivity index (χ4v) is 4.56. The van der Waals surface area contributed by atoms with Gasteiger partial charge in [-0.15, -0.1) is 0 Å². The number of carbonyl (C=O) groups excluding carboxylic acids is 2. The first-order chi connectivity index (χ1) is 16.5. The summed E-state index contributed by atoms with van der Waals surface area (Å²) in [7, 11) is 1.59. The zero-order valence-corrected chi connectivity index (χ0v) is 20.0. The molecule has 3 aromatic carbocycles. The zero-order valence-electron chi connectivity index (χ0n) is 18.4. The molecule has 2 amide bonds. The predicted octanol–water partition coefficient (Wildman–Crippen LogP) is 4.80. The Hall–Kier alpha value is -3.62. The first kappa shape index (κ1) is 23.5. The number of anilines is 1. The maximum atomic E-state index is 13.0. The third kappa shape index (κ3) is 5.84. The molecule has 0 saturated carbocycles. The molecule has 172 valence electrons. The average Bonchev–Trinajstić information content (AvgIpc) is 3.14. The van der Waals surface area contributed by atoms with E-state index in [0.717, 1.165) is 11.1 Å². The molecule has 0 bridgehead atoms. The Morgan fingerprint density at radius 2 is 1.79 bits per heavy atom. The standard InChI is InChI=1S/C26H22N2O4S2/c1-31-21-12-10-20(11-13-21)28-25(30)23(34-26(28)33)15-19-8-5-9-22(14-19)32-17-24(29)27-16-18-6-3-2-4-7-18/h2-15H,16-17H2,1H3,(H,27,29)/b23-15-. The minimum absolute atomic E-state index is 0.101. The number of amides is 2. The molecular weight excluding hydrogens is 468 g/mol. The lowest BCUT2D eigenvalue weighted by Gasteiger charge is -2.14. The summed E-state index contributed by atoms with van der Waals surface area (Å²) in [5.41, 5.74) is 2.48. The second-order valence-electron chi connectivity index (χ2n) is 7.34. The molecule has 0 atom stereocenters. The van der Waals surface area contributed by atoms with Crippen LogP contribution in [0.15, 0.2) is 83.8 Å². The summed E-state index contributed by atoms with van der Waals surface area (Å²) in [6.45, 7) is 0.342. The van der Waals surface area contributed by atoms with Gasteiger partial charge in [0.25, 0.3) is 11.8 Å². The number of benzene rings is 3. The second kappa shape index (κ2) is 11.0. The number of nitrogens with one attached hydrogen (secondary N) is 1. The molecule has 0 aromatic heterocycles. The van der Waals surface area contributed by atoms with Gasteiger partial charge in [-0.3, -0.25) is 14.5 Å². The molecule has 4 rings (SSSR count). The largest absolute Gasteiger partial charge is 0.497 e. The Balaban J connectivity index is 1.38. The van der Waals surface area contributed by atoms with E-state index in [4.69, 9.17) is 21.7 Å². The van der Waals surface area contributed by atoms with Crippen molar-refractivity contribution in [2.45, 2.75) is 6.54 Å². The van der Waals surface area contributed by atoms with Crippen LogP contribution in [-0.4, -0.2) is 29.9 Å². The third-order valence-electron chi connectivity index (χ3n) is 4.98. The molecule has 0 aliphatic carbocycles. The minimum Gasteiger partial charge on any atom is -0.497 e. The van der Waals surface area contributed by atoms with Gasteiger partial charge < -0.3 is 14.8 Å². The first-order valence-corrected chi connectivity index (χ1v) is 11.7. The Morgan fingerprint density at radius 1 is 1.03 bits per heavy atom. The van der Waals surface area contributed by atoms with E-state index in [9.17, 15) is 9.59 Å². The Labute approximate surface area is 207 Å². The summed E-state index contributed by atoms with van der Waals surface area (Å²) in [5.74, 6) is 0.839. The van der Waals surface area contributed by atoms with Crippen molar-refractivity contribution in [2.75, 3.05) is 18.6 Å². The topological polar surface area (TPSA) is 67.9 Å². The number of thiocarbonyl (C=S) groups is 1. The van der Waals surface area contributed by atoms with Crippen LogP contribution >= 0.6 is 24.0 Å². The van der Waals surface area contributed by atoms with Crippen molar-refractivity contribution in [2.24, 2.45) is 0 Å². The van der Waals surface area contributed by atoms with Gasteiger partial charge >= 0.3 is 0 Å². The smallest absolute Gasteiger partial charge is 0.270 e. The van der Waals surface area contributed by atoms with Crippen molar-refractivity contribution in [3.63, 3.8) is 0 Å². The van der Waals surface area contributed by atoms with Gasteiger partial charge in [-0.05, 0) is 53.6 Å². The van der Waals surface area contributed by atoms with E-state index in [0.29, 0.717) is 33.0 Å². The molecule has 0 unspecified atom stereocenters. The van der Waals surface area contributed by atoms with E-state index in [1.807, 2.05) is 42.5 Å². The summed E-state index contributed by atoms with van der Waals surface area (Å²) in [5, 5.41) is 2.83. The van der Waals surface area contributed by atoms with Crippen molar-refractivity contribution in [1.82, 2.24) is 5.32 Å². The second-order valence-corrected chi connectivity index (χ2v) is 9.01. The number of thioether (sulfide) groups is 1. The van der Waals surface area contributed by atoms with Crippen molar-refractivity contribution in [3.8, 4) is 11.5 Å². The maximum Gasteiger partial charge on any atom is 0.270 e.